The van der Waals surface area contributed by atoms with E-state index in [1.54, 1.807) is 13.8 Å². The van der Waals surface area contributed by atoms with Gasteiger partial charge < -0.3 is 13.8 Å². The molecule has 154 valence electrons. The molecule has 3 aromatic rings. The predicted octanol–water partition coefficient (Wildman–Crippen LogP) is 6.59. The van der Waals surface area contributed by atoms with Crippen molar-refractivity contribution in [1.82, 2.24) is 0 Å². The fourth-order valence-corrected chi connectivity index (χ4v) is 5.72. The Morgan fingerprint density at radius 1 is 1.03 bits per heavy atom. The van der Waals surface area contributed by atoms with Crippen LogP contribution in [0.1, 0.15) is 47.2 Å². The van der Waals surface area contributed by atoms with Crippen LogP contribution < -0.4 is 0 Å². The minimum Gasteiger partial charge on any atom is -0.457 e. The SMILES string of the molecule is CCOP(=O)(OCC)[C@H](C)c1ccc2sc(C(=O)OCc3ccccc3)cc2c1. The van der Waals surface area contributed by atoms with Gasteiger partial charge in [-0.1, -0.05) is 36.4 Å². The number of esters is 1. The maximum absolute atomic E-state index is 13.1. The molecule has 0 fully saturated rings. The van der Waals surface area contributed by atoms with Gasteiger partial charge in [0.15, 0.2) is 0 Å². The van der Waals surface area contributed by atoms with Crippen molar-refractivity contribution in [2.75, 3.05) is 13.2 Å². The molecule has 2 aromatic carbocycles. The second-order valence-corrected chi connectivity index (χ2v) is 9.98. The largest absolute Gasteiger partial charge is 0.457 e. The standard InChI is InChI=1S/C22H25O5PS/c1-4-26-28(24,27-5-2)16(3)18-11-12-20-19(13-18)14-21(29-20)22(23)25-15-17-9-7-6-8-10-17/h6-14,16H,4-5,15H2,1-3H3/t16-/m1/s1. The summed E-state index contributed by atoms with van der Waals surface area (Å²) in [6.45, 7) is 6.32. The zero-order valence-corrected chi connectivity index (χ0v) is 18.5. The molecule has 1 atom stereocenters. The van der Waals surface area contributed by atoms with Crippen LogP contribution in [0.3, 0.4) is 0 Å². The predicted molar refractivity (Wildman–Crippen MR) is 117 cm³/mol. The van der Waals surface area contributed by atoms with E-state index in [9.17, 15) is 9.36 Å². The highest BCUT2D eigenvalue weighted by molar-refractivity contribution is 7.54. The molecule has 0 saturated carbocycles. The third kappa shape index (κ3) is 5.14. The molecule has 5 nitrogen and oxygen atoms in total. The molecule has 0 amide bonds. The molecule has 1 heterocycles. The van der Waals surface area contributed by atoms with Crippen molar-refractivity contribution < 1.29 is 23.1 Å². The number of carbonyl (C=O) groups excluding carboxylic acids is 1. The maximum Gasteiger partial charge on any atom is 0.348 e. The molecule has 0 radical (unpaired) electrons. The number of hydrogen-bond donors (Lipinski definition) is 0. The fourth-order valence-electron chi connectivity index (χ4n) is 3.02. The van der Waals surface area contributed by atoms with Gasteiger partial charge in [-0.15, -0.1) is 11.3 Å². The second-order valence-electron chi connectivity index (χ2n) is 6.52. The van der Waals surface area contributed by atoms with Crippen molar-refractivity contribution in [1.29, 1.82) is 0 Å². The molecule has 0 N–H and O–H groups in total. The number of benzene rings is 2. The molecular weight excluding hydrogens is 407 g/mol. The van der Waals surface area contributed by atoms with Crippen LogP contribution in [0.15, 0.2) is 54.6 Å². The summed E-state index contributed by atoms with van der Waals surface area (Å²) in [5, 5.41) is 0.908. The molecule has 3 rings (SSSR count). The summed E-state index contributed by atoms with van der Waals surface area (Å²) in [4.78, 5) is 13.0. The van der Waals surface area contributed by atoms with Gasteiger partial charge in [0.05, 0.1) is 18.9 Å². The maximum atomic E-state index is 13.1. The van der Waals surface area contributed by atoms with Gasteiger partial charge in [0, 0.05) is 4.70 Å². The van der Waals surface area contributed by atoms with Crippen molar-refractivity contribution in [2.24, 2.45) is 0 Å². The Balaban J connectivity index is 1.78. The molecule has 0 bridgehead atoms. The zero-order chi connectivity index (χ0) is 20.9. The van der Waals surface area contributed by atoms with Crippen LogP contribution in [0.5, 0.6) is 0 Å². The van der Waals surface area contributed by atoms with E-state index in [0.717, 1.165) is 21.2 Å². The van der Waals surface area contributed by atoms with Crippen molar-refractivity contribution in [3.63, 3.8) is 0 Å². The highest BCUT2D eigenvalue weighted by Gasteiger charge is 2.33. The summed E-state index contributed by atoms with van der Waals surface area (Å²) in [5.41, 5.74) is 1.39. The summed E-state index contributed by atoms with van der Waals surface area (Å²) in [5.74, 6) is -0.348. The second kappa shape index (κ2) is 9.68. The van der Waals surface area contributed by atoms with Crippen LogP contribution in [0.2, 0.25) is 0 Å². The first-order valence-corrected chi connectivity index (χ1v) is 12.0. The van der Waals surface area contributed by atoms with Gasteiger partial charge in [-0.05, 0) is 55.5 Å². The Kier molecular flexibility index (Phi) is 7.25. The molecule has 1 aromatic heterocycles. The Morgan fingerprint density at radius 2 is 1.72 bits per heavy atom. The van der Waals surface area contributed by atoms with Crippen LogP contribution in [0.25, 0.3) is 10.1 Å². The van der Waals surface area contributed by atoms with Crippen LogP contribution >= 0.6 is 18.9 Å². The van der Waals surface area contributed by atoms with Gasteiger partial charge in [0.25, 0.3) is 0 Å². The third-order valence-corrected chi connectivity index (χ3v) is 8.11. The highest BCUT2D eigenvalue weighted by Crippen LogP contribution is 2.60. The monoisotopic (exact) mass is 432 g/mol. The third-order valence-electron chi connectivity index (χ3n) is 4.53. The van der Waals surface area contributed by atoms with Gasteiger partial charge in [-0.3, -0.25) is 4.57 Å². The van der Waals surface area contributed by atoms with Gasteiger partial charge in [-0.25, -0.2) is 4.79 Å². The average Bonchev–Trinajstić information content (AvgIpc) is 3.16. The van der Waals surface area contributed by atoms with Gasteiger partial charge >= 0.3 is 13.6 Å². The van der Waals surface area contributed by atoms with E-state index in [1.165, 1.54) is 11.3 Å². The molecule has 0 aliphatic heterocycles. The van der Waals surface area contributed by atoms with Gasteiger partial charge in [-0.2, -0.15) is 0 Å². The average molecular weight is 432 g/mol. The quantitative estimate of drug-likeness (QED) is 0.282. The molecular formula is C22H25O5PS. The first kappa shape index (κ1) is 21.7. The van der Waals surface area contributed by atoms with E-state index in [1.807, 2.05) is 61.5 Å². The molecule has 29 heavy (non-hydrogen) atoms. The lowest BCUT2D eigenvalue weighted by Gasteiger charge is -2.23. The number of fused-ring (bicyclic) bond motifs is 1. The number of rotatable bonds is 9. The van der Waals surface area contributed by atoms with E-state index in [2.05, 4.69) is 0 Å². The summed E-state index contributed by atoms with van der Waals surface area (Å²) in [6.07, 6.45) is 0. The Labute approximate surface area is 175 Å². The molecule has 0 unspecified atom stereocenters. The minimum atomic E-state index is -3.26. The fraction of sp³-hybridized carbons (Fsp3) is 0.318. The number of hydrogen-bond acceptors (Lipinski definition) is 6. The van der Waals surface area contributed by atoms with Crippen molar-refractivity contribution in [2.45, 2.75) is 33.0 Å². The lowest BCUT2D eigenvalue weighted by atomic mass is 10.1. The van der Waals surface area contributed by atoms with E-state index < -0.39 is 13.3 Å². The number of thiophene rings is 1. The first-order chi connectivity index (χ1) is 14.0. The summed E-state index contributed by atoms with van der Waals surface area (Å²) >= 11 is 1.38. The van der Waals surface area contributed by atoms with Crippen LogP contribution in [-0.2, 0) is 25.0 Å². The van der Waals surface area contributed by atoms with Crippen LogP contribution in [0.4, 0.5) is 0 Å². The van der Waals surface area contributed by atoms with Crippen molar-refractivity contribution in [3.05, 3.63) is 70.6 Å². The van der Waals surface area contributed by atoms with E-state index in [0.29, 0.717) is 18.1 Å². The summed E-state index contributed by atoms with van der Waals surface area (Å²) in [6, 6.07) is 17.2. The van der Waals surface area contributed by atoms with Gasteiger partial charge in [0.1, 0.15) is 11.5 Å². The van der Waals surface area contributed by atoms with E-state index >= 15 is 0 Å². The molecule has 0 aliphatic rings. The van der Waals surface area contributed by atoms with Crippen molar-refractivity contribution >= 4 is 35.0 Å². The highest BCUT2D eigenvalue weighted by atomic mass is 32.1. The lowest BCUT2D eigenvalue weighted by Crippen LogP contribution is -2.03. The minimum absolute atomic E-state index is 0.238. The smallest absolute Gasteiger partial charge is 0.348 e. The number of ether oxygens (including phenoxy) is 1. The summed E-state index contributed by atoms with van der Waals surface area (Å²) in [7, 11) is -3.26. The first-order valence-electron chi connectivity index (χ1n) is 9.60. The molecule has 0 spiro atoms. The molecule has 0 aliphatic carbocycles. The molecule has 0 saturated heterocycles. The van der Waals surface area contributed by atoms with Crippen LogP contribution in [0, 0.1) is 0 Å². The van der Waals surface area contributed by atoms with E-state index in [-0.39, 0.29) is 12.6 Å². The topological polar surface area (TPSA) is 61.8 Å². The normalized spacial score (nSPS) is 12.8. The number of carbonyl (C=O) groups is 1. The Bertz CT molecular complexity index is 1000. The van der Waals surface area contributed by atoms with E-state index in [4.69, 9.17) is 13.8 Å². The van der Waals surface area contributed by atoms with Crippen LogP contribution in [-0.4, -0.2) is 19.2 Å². The Morgan fingerprint density at radius 3 is 2.38 bits per heavy atom. The Hall–Kier alpha value is -1.98. The van der Waals surface area contributed by atoms with Crippen molar-refractivity contribution in [3.8, 4) is 0 Å². The molecule has 7 heteroatoms. The lowest BCUT2D eigenvalue weighted by molar-refractivity contribution is 0.0478. The van der Waals surface area contributed by atoms with Gasteiger partial charge in [0.2, 0.25) is 0 Å². The zero-order valence-electron chi connectivity index (χ0n) is 16.8. The summed E-state index contributed by atoms with van der Waals surface area (Å²) < 4.78 is 30.4.